The van der Waals surface area contributed by atoms with Crippen molar-refractivity contribution in [1.29, 1.82) is 5.26 Å². The van der Waals surface area contributed by atoms with E-state index < -0.39 is 24.3 Å². The molecular weight excluding hydrogens is 485 g/mol. The highest BCUT2D eigenvalue weighted by Crippen LogP contribution is 2.47. The first-order chi connectivity index (χ1) is 18.4. The smallest absolute Gasteiger partial charge is 0.228 e. The van der Waals surface area contributed by atoms with E-state index >= 15 is 0 Å². The van der Waals surface area contributed by atoms with Gasteiger partial charge in [0.1, 0.15) is 5.82 Å². The van der Waals surface area contributed by atoms with Crippen molar-refractivity contribution in [2.45, 2.75) is 37.6 Å². The third-order valence-electron chi connectivity index (χ3n) is 7.00. The largest absolute Gasteiger partial charge is 0.550 e. The molecule has 5 rings (SSSR count). The second-order valence-corrected chi connectivity index (χ2v) is 9.39. The van der Waals surface area contributed by atoms with Crippen LogP contribution in [0.1, 0.15) is 54.3 Å². The van der Waals surface area contributed by atoms with Crippen molar-refractivity contribution in [1.82, 2.24) is 0 Å². The Labute approximate surface area is 218 Å². The molecule has 0 spiro atoms. The van der Waals surface area contributed by atoms with Crippen LogP contribution in [0.3, 0.4) is 0 Å². The van der Waals surface area contributed by atoms with E-state index in [1.807, 2.05) is 0 Å². The molecule has 0 saturated carbocycles. The maximum atomic E-state index is 13.9. The van der Waals surface area contributed by atoms with Gasteiger partial charge in [-0.15, -0.1) is 0 Å². The Morgan fingerprint density at radius 2 is 1.66 bits per heavy atom. The zero-order chi connectivity index (χ0) is 26.8. The van der Waals surface area contributed by atoms with E-state index in [1.165, 1.54) is 17.0 Å². The molecule has 1 aliphatic heterocycles. The lowest BCUT2D eigenvalue weighted by atomic mass is 9.78. The van der Waals surface area contributed by atoms with Crippen molar-refractivity contribution in [2.24, 2.45) is 0 Å². The average molecular weight is 509 g/mol. The second kappa shape index (κ2) is 10.3. The molecule has 1 amide bonds. The van der Waals surface area contributed by atoms with Gasteiger partial charge in [0.15, 0.2) is 5.78 Å². The van der Waals surface area contributed by atoms with Crippen molar-refractivity contribution in [2.75, 3.05) is 10.2 Å². The summed E-state index contributed by atoms with van der Waals surface area (Å²) >= 11 is 0. The first kappa shape index (κ1) is 24.9. The minimum Gasteiger partial charge on any atom is -0.550 e. The van der Waals surface area contributed by atoms with Crippen LogP contribution in [0, 0.1) is 17.1 Å². The van der Waals surface area contributed by atoms with Gasteiger partial charge >= 0.3 is 0 Å². The Kier molecular flexibility index (Phi) is 6.75. The fourth-order valence-electron chi connectivity index (χ4n) is 5.22. The van der Waals surface area contributed by atoms with Gasteiger partial charge in [0.2, 0.25) is 5.91 Å². The Morgan fingerprint density at radius 1 is 0.974 bits per heavy atom. The number of benzene rings is 3. The van der Waals surface area contributed by atoms with Crippen molar-refractivity contribution < 1.29 is 23.9 Å². The van der Waals surface area contributed by atoms with E-state index in [9.17, 15) is 29.1 Å². The lowest BCUT2D eigenvalue weighted by Gasteiger charge is -2.35. The zero-order valence-corrected chi connectivity index (χ0v) is 20.3. The highest BCUT2D eigenvalue weighted by molar-refractivity contribution is 6.06. The van der Waals surface area contributed by atoms with Crippen LogP contribution in [0.5, 0.6) is 0 Å². The molecule has 1 aliphatic carbocycles. The van der Waals surface area contributed by atoms with Crippen LogP contribution in [-0.2, 0) is 14.4 Å². The first-order valence-electron chi connectivity index (χ1n) is 12.3. The number of aliphatic carboxylic acids is 1. The number of nitrogens with zero attached hydrogens (tertiary/aromatic N) is 2. The number of hydrogen-bond acceptors (Lipinski definition) is 6. The minimum atomic E-state index is -1.34. The van der Waals surface area contributed by atoms with Crippen LogP contribution in [0.25, 0.3) is 0 Å². The molecule has 7 nitrogen and oxygen atoms in total. The molecule has 0 radical (unpaired) electrons. The van der Waals surface area contributed by atoms with Gasteiger partial charge in [0.05, 0.1) is 29.0 Å². The number of allylic oxidation sites excluding steroid dienone is 1. The van der Waals surface area contributed by atoms with E-state index in [2.05, 4.69) is 11.4 Å². The molecule has 2 atom stereocenters. The number of nitriles is 1. The van der Waals surface area contributed by atoms with E-state index in [-0.39, 0.29) is 30.4 Å². The summed E-state index contributed by atoms with van der Waals surface area (Å²) in [5.74, 6) is -2.54. The molecule has 38 heavy (non-hydrogen) atoms. The van der Waals surface area contributed by atoms with E-state index in [4.69, 9.17) is 0 Å². The highest BCUT2D eigenvalue weighted by atomic mass is 19.1. The van der Waals surface area contributed by atoms with Crippen molar-refractivity contribution >= 4 is 29.0 Å². The molecule has 0 fully saturated rings. The number of nitrogens with one attached hydrogen (secondary N) is 1. The Hall–Kier alpha value is -4.77. The fraction of sp³-hybridized carbons (Fsp3) is 0.200. The monoisotopic (exact) mass is 508 g/mol. The normalized spacial score (nSPS) is 18.5. The van der Waals surface area contributed by atoms with Crippen LogP contribution >= 0.6 is 0 Å². The van der Waals surface area contributed by atoms with Crippen LogP contribution in [0.15, 0.2) is 84.1 Å². The van der Waals surface area contributed by atoms with Gasteiger partial charge in [-0.25, -0.2) is 4.39 Å². The molecular formula is C30H23FN3O4-. The standard InChI is InChI=1S/C30H24FN3O4/c31-22-11-9-19(10-12-22)21-15-24-29(26(35)16-21)30(20-7-5-18(17-32)6-8-20)34(27(36)13-14-28(37)38)25-4-2-1-3-23(25)33-24/h1-12,21,30,33H,13-16H2,(H,37,38)/p-1/t21-,30+/m0/s1. The summed E-state index contributed by atoms with van der Waals surface area (Å²) in [7, 11) is 0. The number of carboxylic acid groups (broad SMARTS) is 1. The fourth-order valence-corrected chi connectivity index (χ4v) is 5.22. The van der Waals surface area contributed by atoms with Gasteiger partial charge < -0.3 is 15.2 Å². The zero-order valence-electron chi connectivity index (χ0n) is 20.3. The summed E-state index contributed by atoms with van der Waals surface area (Å²) in [6.07, 6.45) is -0.152. The Balaban J connectivity index is 1.68. The molecule has 0 unspecified atom stereocenters. The number of Topliss-reactive ketones (excluding diaryl/α,β-unsaturated/α-hetero) is 1. The second-order valence-electron chi connectivity index (χ2n) is 9.39. The first-order valence-corrected chi connectivity index (χ1v) is 12.3. The number of amides is 1. The van der Waals surface area contributed by atoms with Gasteiger partial charge in [0.25, 0.3) is 0 Å². The van der Waals surface area contributed by atoms with E-state index in [1.54, 1.807) is 60.7 Å². The number of carbonyl (C=O) groups is 3. The summed E-state index contributed by atoms with van der Waals surface area (Å²) in [5.41, 5.74) is 4.04. The maximum Gasteiger partial charge on any atom is 0.228 e. The third-order valence-corrected chi connectivity index (χ3v) is 7.00. The molecule has 0 saturated heterocycles. The lowest BCUT2D eigenvalue weighted by Crippen LogP contribution is -2.39. The van der Waals surface area contributed by atoms with Crippen molar-refractivity contribution in [3.05, 3.63) is 107 Å². The van der Waals surface area contributed by atoms with Crippen molar-refractivity contribution in [3.63, 3.8) is 0 Å². The quantitative estimate of drug-likeness (QED) is 0.555. The molecule has 1 N–H and O–H groups in total. The van der Waals surface area contributed by atoms with E-state index in [0.29, 0.717) is 40.2 Å². The number of carboxylic acids is 1. The number of ketones is 1. The number of rotatable bonds is 5. The summed E-state index contributed by atoms with van der Waals surface area (Å²) in [6, 6.07) is 21.1. The number of anilines is 2. The minimum absolute atomic E-state index is 0.163. The number of hydrogen-bond donors (Lipinski definition) is 1. The number of halogens is 1. The van der Waals surface area contributed by atoms with Gasteiger partial charge in [-0.1, -0.05) is 36.4 Å². The number of fused-ring (bicyclic) bond motifs is 1. The SMILES string of the molecule is N#Cc1ccc([C@@H]2C3=C(C[C@H](c4ccc(F)cc4)CC3=O)Nc3ccccc3N2C(=O)CCC(=O)[O-])cc1. The summed E-state index contributed by atoms with van der Waals surface area (Å²) in [5, 5.41) is 23.9. The van der Waals surface area contributed by atoms with Crippen LogP contribution in [0.4, 0.5) is 15.8 Å². The molecule has 190 valence electrons. The molecule has 3 aromatic rings. The molecule has 8 heteroatoms. The Bertz CT molecular complexity index is 1490. The van der Waals surface area contributed by atoms with Gasteiger partial charge in [-0.3, -0.25) is 14.5 Å². The Morgan fingerprint density at radius 3 is 2.34 bits per heavy atom. The summed E-state index contributed by atoms with van der Waals surface area (Å²) < 4.78 is 13.6. The number of para-hydroxylation sites is 2. The number of carbonyl (C=O) groups excluding carboxylic acids is 3. The highest BCUT2D eigenvalue weighted by Gasteiger charge is 2.41. The van der Waals surface area contributed by atoms with Gasteiger partial charge in [0, 0.05) is 30.1 Å². The van der Waals surface area contributed by atoms with Crippen molar-refractivity contribution in [3.8, 4) is 6.07 Å². The van der Waals surface area contributed by atoms with Crippen LogP contribution in [0.2, 0.25) is 0 Å². The van der Waals surface area contributed by atoms with Crippen LogP contribution in [-0.4, -0.2) is 17.7 Å². The molecule has 2 aliphatic rings. The average Bonchev–Trinajstić information content (AvgIpc) is 3.07. The van der Waals surface area contributed by atoms with Gasteiger partial charge in [-0.05, 0) is 66.3 Å². The lowest BCUT2D eigenvalue weighted by molar-refractivity contribution is -0.305. The molecule has 0 bridgehead atoms. The predicted octanol–water partition coefficient (Wildman–Crippen LogP) is 4.13. The molecule has 0 aromatic heterocycles. The van der Waals surface area contributed by atoms with Gasteiger partial charge in [-0.2, -0.15) is 5.26 Å². The third kappa shape index (κ3) is 4.78. The predicted molar refractivity (Wildman–Crippen MR) is 136 cm³/mol. The molecule has 1 heterocycles. The topological polar surface area (TPSA) is 113 Å². The summed E-state index contributed by atoms with van der Waals surface area (Å²) in [6.45, 7) is 0. The van der Waals surface area contributed by atoms with Crippen LogP contribution < -0.4 is 15.3 Å². The molecule has 3 aromatic carbocycles. The maximum absolute atomic E-state index is 13.9. The summed E-state index contributed by atoms with van der Waals surface area (Å²) in [4.78, 5) is 40.1. The van der Waals surface area contributed by atoms with E-state index in [0.717, 1.165) is 5.56 Å².